The highest BCUT2D eigenvalue weighted by molar-refractivity contribution is 7.92. The number of carbonyl (C=O) groups is 1. The number of para-hydroxylation sites is 2. The van der Waals surface area contributed by atoms with Crippen LogP contribution in [-0.4, -0.2) is 37.8 Å². The number of nitrogens with zero attached hydrogens (tertiary/aromatic N) is 2. The number of benzene rings is 2. The minimum atomic E-state index is -3.91. The minimum absolute atomic E-state index is 0.0430. The second-order valence-corrected chi connectivity index (χ2v) is 8.82. The summed E-state index contributed by atoms with van der Waals surface area (Å²) in [5.41, 5.74) is 2.25. The number of anilines is 1. The Kier molecular flexibility index (Phi) is 6.96. The van der Waals surface area contributed by atoms with Gasteiger partial charge in [-0.25, -0.2) is 8.42 Å². The van der Waals surface area contributed by atoms with E-state index in [4.69, 9.17) is 4.74 Å². The van der Waals surface area contributed by atoms with E-state index in [-0.39, 0.29) is 16.4 Å². The topological polar surface area (TPSA) is 102 Å². The predicted octanol–water partition coefficient (Wildman–Crippen LogP) is 2.90. The summed E-state index contributed by atoms with van der Waals surface area (Å²) >= 11 is 0. The lowest BCUT2D eigenvalue weighted by Crippen LogP contribution is -2.25. The van der Waals surface area contributed by atoms with Gasteiger partial charge in [-0.1, -0.05) is 18.2 Å². The molecule has 31 heavy (non-hydrogen) atoms. The van der Waals surface area contributed by atoms with Crippen LogP contribution in [0.4, 0.5) is 5.69 Å². The van der Waals surface area contributed by atoms with E-state index in [2.05, 4.69) is 15.1 Å². The number of methoxy groups -OCH3 is 1. The minimum Gasteiger partial charge on any atom is -0.495 e. The molecule has 0 fully saturated rings. The summed E-state index contributed by atoms with van der Waals surface area (Å²) in [6, 6.07) is 11.4. The summed E-state index contributed by atoms with van der Waals surface area (Å²) in [5, 5.41) is 6.96. The van der Waals surface area contributed by atoms with Gasteiger partial charge in [0.05, 0.1) is 23.9 Å². The Labute approximate surface area is 182 Å². The number of aryl methyl sites for hydroxylation is 3. The Balaban J connectivity index is 1.69. The fraction of sp³-hybridized carbons (Fsp3) is 0.273. The number of hydrogen-bond acceptors (Lipinski definition) is 5. The lowest BCUT2D eigenvalue weighted by atomic mass is 10.1. The summed E-state index contributed by atoms with van der Waals surface area (Å²) in [6.07, 6.45) is 5.29. The lowest BCUT2D eigenvalue weighted by Gasteiger charge is -2.14. The average Bonchev–Trinajstić information content (AvgIpc) is 3.16. The van der Waals surface area contributed by atoms with Crippen LogP contribution in [0.3, 0.4) is 0 Å². The first-order chi connectivity index (χ1) is 14.8. The Morgan fingerprint density at radius 2 is 1.97 bits per heavy atom. The second-order valence-electron chi connectivity index (χ2n) is 7.17. The molecule has 2 N–H and O–H groups in total. The average molecular weight is 443 g/mol. The lowest BCUT2D eigenvalue weighted by molar-refractivity contribution is 0.0953. The van der Waals surface area contributed by atoms with Crippen LogP contribution in [0.5, 0.6) is 5.75 Å². The molecule has 0 bridgehead atoms. The van der Waals surface area contributed by atoms with Gasteiger partial charge >= 0.3 is 0 Å². The number of nitrogens with one attached hydrogen (secondary N) is 2. The third-order valence-electron chi connectivity index (χ3n) is 4.78. The van der Waals surface area contributed by atoms with E-state index in [1.54, 1.807) is 54.2 Å². The van der Waals surface area contributed by atoms with Gasteiger partial charge in [0.1, 0.15) is 5.75 Å². The first kappa shape index (κ1) is 22.4. The molecule has 8 nitrogen and oxygen atoms in total. The number of sulfonamides is 1. The van der Waals surface area contributed by atoms with Crippen LogP contribution in [0.1, 0.15) is 27.9 Å². The first-order valence-electron chi connectivity index (χ1n) is 9.82. The van der Waals surface area contributed by atoms with Gasteiger partial charge in [0.15, 0.2) is 0 Å². The number of aromatic nitrogens is 2. The number of hydrogen-bond donors (Lipinski definition) is 2. The summed E-state index contributed by atoms with van der Waals surface area (Å²) in [6.45, 7) is 2.16. The molecule has 0 saturated carbocycles. The van der Waals surface area contributed by atoms with Crippen molar-refractivity contribution in [2.75, 3.05) is 18.4 Å². The third kappa shape index (κ3) is 5.64. The summed E-state index contributed by atoms with van der Waals surface area (Å²) in [7, 11) is -0.583. The molecule has 0 spiro atoms. The van der Waals surface area contributed by atoms with Gasteiger partial charge < -0.3 is 10.1 Å². The Bertz CT molecular complexity index is 1170. The van der Waals surface area contributed by atoms with Crippen LogP contribution < -0.4 is 14.8 Å². The van der Waals surface area contributed by atoms with Crippen molar-refractivity contribution in [3.63, 3.8) is 0 Å². The molecule has 3 aromatic rings. The molecule has 0 aliphatic heterocycles. The molecule has 0 radical (unpaired) electrons. The molecule has 9 heteroatoms. The van der Waals surface area contributed by atoms with Crippen molar-refractivity contribution in [2.45, 2.75) is 24.7 Å². The van der Waals surface area contributed by atoms with E-state index in [0.29, 0.717) is 23.5 Å². The van der Waals surface area contributed by atoms with Crippen molar-refractivity contribution in [1.29, 1.82) is 0 Å². The van der Waals surface area contributed by atoms with Crippen molar-refractivity contribution < 1.29 is 17.9 Å². The molecule has 2 aromatic carbocycles. The summed E-state index contributed by atoms with van der Waals surface area (Å²) < 4.78 is 35.4. The third-order valence-corrected chi connectivity index (χ3v) is 6.28. The van der Waals surface area contributed by atoms with Gasteiger partial charge in [-0.15, -0.1) is 0 Å². The van der Waals surface area contributed by atoms with Gasteiger partial charge in [0.2, 0.25) is 0 Å². The maximum Gasteiger partial charge on any atom is 0.262 e. The second kappa shape index (κ2) is 9.65. The number of amides is 1. The monoisotopic (exact) mass is 442 g/mol. The van der Waals surface area contributed by atoms with Crippen molar-refractivity contribution in [1.82, 2.24) is 15.1 Å². The normalized spacial score (nSPS) is 11.2. The molecule has 164 valence electrons. The highest BCUT2D eigenvalue weighted by Gasteiger charge is 2.20. The van der Waals surface area contributed by atoms with E-state index in [0.717, 1.165) is 18.4 Å². The predicted molar refractivity (Wildman–Crippen MR) is 119 cm³/mol. The smallest absolute Gasteiger partial charge is 0.262 e. The molecule has 1 aromatic heterocycles. The van der Waals surface area contributed by atoms with Gasteiger partial charge in [-0.2, -0.15) is 5.10 Å². The summed E-state index contributed by atoms with van der Waals surface area (Å²) in [4.78, 5) is 12.6. The van der Waals surface area contributed by atoms with Gasteiger partial charge in [0.25, 0.3) is 15.9 Å². The number of rotatable bonds is 9. The van der Waals surface area contributed by atoms with Crippen LogP contribution in [0, 0.1) is 6.92 Å². The molecule has 1 amide bonds. The molecule has 0 atom stereocenters. The van der Waals surface area contributed by atoms with Crippen LogP contribution in [0.15, 0.2) is 59.8 Å². The fourth-order valence-electron chi connectivity index (χ4n) is 3.16. The van der Waals surface area contributed by atoms with Crippen LogP contribution in [-0.2, 0) is 23.5 Å². The zero-order valence-corrected chi connectivity index (χ0v) is 18.6. The molecule has 1 heterocycles. The standard InChI is InChI=1S/C22H26N4O4S/c1-16-10-11-18(22(27)23-12-6-7-17-14-24-26(2)15-17)13-21(16)31(28,29)25-19-8-4-5-9-20(19)30-3/h4-5,8-11,13-15,25H,6-7,12H2,1-3H3,(H,23,27). The van der Waals surface area contributed by atoms with E-state index >= 15 is 0 Å². The fourth-order valence-corrected chi connectivity index (χ4v) is 4.50. The maximum absolute atomic E-state index is 13.0. The molecule has 0 saturated heterocycles. The summed E-state index contributed by atoms with van der Waals surface area (Å²) in [5.74, 6) is 0.0890. The van der Waals surface area contributed by atoms with E-state index < -0.39 is 10.0 Å². The van der Waals surface area contributed by atoms with Crippen molar-refractivity contribution in [3.8, 4) is 5.75 Å². The number of ether oxygens (including phenoxy) is 1. The highest BCUT2D eigenvalue weighted by Crippen LogP contribution is 2.27. The van der Waals surface area contributed by atoms with Gasteiger partial charge in [-0.3, -0.25) is 14.2 Å². The molecule has 0 aliphatic rings. The van der Waals surface area contributed by atoms with Crippen molar-refractivity contribution in [2.24, 2.45) is 7.05 Å². The number of carbonyl (C=O) groups excluding carboxylic acids is 1. The van der Waals surface area contributed by atoms with Crippen LogP contribution >= 0.6 is 0 Å². The van der Waals surface area contributed by atoms with E-state index in [1.807, 2.05) is 13.2 Å². The Morgan fingerprint density at radius 3 is 2.68 bits per heavy atom. The Morgan fingerprint density at radius 1 is 1.19 bits per heavy atom. The maximum atomic E-state index is 13.0. The van der Waals surface area contributed by atoms with Crippen molar-refractivity contribution in [3.05, 3.63) is 71.5 Å². The van der Waals surface area contributed by atoms with E-state index in [1.165, 1.54) is 13.2 Å². The quantitative estimate of drug-likeness (QED) is 0.496. The zero-order chi connectivity index (χ0) is 22.4. The Hall–Kier alpha value is -3.33. The van der Waals surface area contributed by atoms with Gasteiger partial charge in [0, 0.05) is 25.4 Å². The van der Waals surface area contributed by atoms with Crippen molar-refractivity contribution >= 4 is 21.6 Å². The molecule has 0 aliphatic carbocycles. The SMILES string of the molecule is COc1ccccc1NS(=O)(=O)c1cc(C(=O)NCCCc2cnn(C)c2)ccc1C. The largest absolute Gasteiger partial charge is 0.495 e. The van der Waals surface area contributed by atoms with Crippen LogP contribution in [0.25, 0.3) is 0 Å². The highest BCUT2D eigenvalue weighted by atomic mass is 32.2. The molecule has 3 rings (SSSR count). The molecule has 0 unspecified atom stereocenters. The first-order valence-corrected chi connectivity index (χ1v) is 11.3. The molecular weight excluding hydrogens is 416 g/mol. The zero-order valence-electron chi connectivity index (χ0n) is 17.8. The van der Waals surface area contributed by atoms with Gasteiger partial charge in [-0.05, 0) is 55.2 Å². The van der Waals surface area contributed by atoms with Crippen LogP contribution in [0.2, 0.25) is 0 Å². The van der Waals surface area contributed by atoms with E-state index in [9.17, 15) is 13.2 Å². The molecular formula is C22H26N4O4S.